The predicted molar refractivity (Wildman–Crippen MR) is 128 cm³/mol. The Morgan fingerprint density at radius 1 is 1.18 bits per heavy atom. The van der Waals surface area contributed by atoms with Gasteiger partial charge in [-0.15, -0.1) is 12.4 Å². The molecular weight excluding hydrogens is 446 g/mol. The SMILES string of the molecule is Cl.N=C(N)c1cccc(NC(C(=O)NCC(=O)NC2CCCc3ccccc32)C(O)CO)c1. The largest absolute Gasteiger partial charge is 0.394 e. The zero-order valence-electron chi connectivity index (χ0n) is 18.1. The molecule has 1 aliphatic rings. The maximum Gasteiger partial charge on any atom is 0.245 e. The van der Waals surface area contributed by atoms with Crippen LogP contribution >= 0.6 is 12.4 Å². The summed E-state index contributed by atoms with van der Waals surface area (Å²) in [6, 6.07) is 13.2. The number of nitrogens with two attached hydrogens (primary N) is 1. The molecule has 3 unspecified atom stereocenters. The predicted octanol–water partition coefficient (Wildman–Crippen LogP) is 0.836. The summed E-state index contributed by atoms with van der Waals surface area (Å²) in [4.78, 5) is 25.1. The van der Waals surface area contributed by atoms with E-state index in [1.165, 1.54) is 5.56 Å². The fraction of sp³-hybridized carbons (Fsp3) is 0.348. The van der Waals surface area contributed by atoms with Gasteiger partial charge in [-0.3, -0.25) is 15.0 Å². The van der Waals surface area contributed by atoms with Crippen LogP contribution < -0.4 is 21.7 Å². The van der Waals surface area contributed by atoms with Gasteiger partial charge in [-0.05, 0) is 42.5 Å². The van der Waals surface area contributed by atoms with Gasteiger partial charge in [-0.25, -0.2) is 0 Å². The Morgan fingerprint density at radius 3 is 2.67 bits per heavy atom. The number of hydrogen-bond acceptors (Lipinski definition) is 6. The summed E-state index contributed by atoms with van der Waals surface area (Å²) in [5.74, 6) is -1.12. The maximum atomic E-state index is 12.7. The van der Waals surface area contributed by atoms with Gasteiger partial charge in [0.05, 0.1) is 19.2 Å². The lowest BCUT2D eigenvalue weighted by atomic mass is 9.88. The molecule has 0 aromatic heterocycles. The first-order valence-corrected chi connectivity index (χ1v) is 10.5. The number of fused-ring (bicyclic) bond motifs is 1. The number of carbonyl (C=O) groups excluding carboxylic acids is 2. The Hall–Kier alpha value is -3.14. The molecule has 0 fully saturated rings. The van der Waals surface area contributed by atoms with Crippen LogP contribution in [0.3, 0.4) is 0 Å². The van der Waals surface area contributed by atoms with E-state index in [1.54, 1.807) is 24.3 Å². The van der Waals surface area contributed by atoms with Crippen LogP contribution in [0.15, 0.2) is 48.5 Å². The number of aliphatic hydroxyl groups excluding tert-OH is 2. The van der Waals surface area contributed by atoms with Crippen molar-refractivity contribution < 1.29 is 19.8 Å². The molecule has 0 radical (unpaired) electrons. The molecule has 2 aromatic carbocycles. The molecule has 2 amide bonds. The van der Waals surface area contributed by atoms with Crippen molar-refractivity contribution in [2.45, 2.75) is 37.5 Å². The van der Waals surface area contributed by atoms with Crippen LogP contribution in [0.4, 0.5) is 5.69 Å². The van der Waals surface area contributed by atoms with E-state index in [0.29, 0.717) is 11.3 Å². The quantitative estimate of drug-likeness (QED) is 0.210. The van der Waals surface area contributed by atoms with Crippen molar-refractivity contribution in [3.05, 3.63) is 65.2 Å². The van der Waals surface area contributed by atoms with Crippen molar-refractivity contribution in [1.82, 2.24) is 10.6 Å². The van der Waals surface area contributed by atoms with E-state index >= 15 is 0 Å². The van der Waals surface area contributed by atoms with Crippen LogP contribution in [-0.4, -0.2) is 53.2 Å². The Balaban J connectivity index is 0.00000385. The van der Waals surface area contributed by atoms with E-state index in [9.17, 15) is 19.8 Å². The van der Waals surface area contributed by atoms with E-state index in [2.05, 4.69) is 22.0 Å². The number of rotatable bonds is 9. The summed E-state index contributed by atoms with van der Waals surface area (Å²) >= 11 is 0. The van der Waals surface area contributed by atoms with Crippen molar-refractivity contribution in [1.29, 1.82) is 5.41 Å². The first kappa shape index (κ1) is 26.1. The highest BCUT2D eigenvalue weighted by Crippen LogP contribution is 2.29. The molecule has 10 heteroatoms. The molecule has 2 aromatic rings. The summed E-state index contributed by atoms with van der Waals surface area (Å²) in [5, 5.41) is 35.3. The standard InChI is InChI=1S/C23H29N5O4.ClH/c24-22(25)15-7-3-8-16(11-15)27-21(19(30)13-29)23(32)26-12-20(31)28-18-10-4-6-14-5-1-2-9-17(14)18;/h1-3,5,7-9,11,18-19,21,27,29-30H,4,6,10,12-13H2,(H3,24,25)(H,26,32)(H,28,31);1H. The van der Waals surface area contributed by atoms with Gasteiger partial charge in [0.1, 0.15) is 18.0 Å². The third kappa shape index (κ3) is 6.92. The summed E-state index contributed by atoms with van der Waals surface area (Å²) < 4.78 is 0. The van der Waals surface area contributed by atoms with Crippen molar-refractivity contribution in [2.24, 2.45) is 5.73 Å². The summed E-state index contributed by atoms with van der Waals surface area (Å²) in [6.45, 7) is -0.913. The molecule has 0 saturated heterocycles. The van der Waals surface area contributed by atoms with Crippen molar-refractivity contribution >= 4 is 35.7 Å². The second kappa shape index (κ2) is 12.2. The normalized spacial score (nSPS) is 16.4. The lowest BCUT2D eigenvalue weighted by Gasteiger charge is -2.27. The van der Waals surface area contributed by atoms with E-state index < -0.39 is 24.7 Å². The second-order valence-corrected chi connectivity index (χ2v) is 7.80. The Bertz CT molecular complexity index is 987. The van der Waals surface area contributed by atoms with Crippen LogP contribution in [-0.2, 0) is 16.0 Å². The number of aliphatic hydroxyl groups is 2. The number of amidine groups is 1. The monoisotopic (exact) mass is 475 g/mol. The molecular formula is C23H30ClN5O4. The minimum absolute atomic E-state index is 0. The molecule has 3 rings (SSSR count). The number of hydrogen-bond donors (Lipinski definition) is 7. The number of amides is 2. The van der Waals surface area contributed by atoms with Crippen molar-refractivity contribution in [2.75, 3.05) is 18.5 Å². The van der Waals surface area contributed by atoms with Crippen LogP contribution in [0.25, 0.3) is 0 Å². The molecule has 1 aliphatic carbocycles. The smallest absolute Gasteiger partial charge is 0.245 e. The van der Waals surface area contributed by atoms with Gasteiger partial charge in [0.15, 0.2) is 0 Å². The van der Waals surface area contributed by atoms with Gasteiger partial charge in [0.2, 0.25) is 11.8 Å². The first-order chi connectivity index (χ1) is 15.4. The second-order valence-electron chi connectivity index (χ2n) is 7.80. The summed E-state index contributed by atoms with van der Waals surface area (Å²) in [7, 11) is 0. The van der Waals surface area contributed by atoms with Crippen molar-refractivity contribution in [3.8, 4) is 0 Å². The van der Waals surface area contributed by atoms with Gasteiger partial charge >= 0.3 is 0 Å². The zero-order chi connectivity index (χ0) is 23.1. The van der Waals surface area contributed by atoms with Gasteiger partial charge in [0.25, 0.3) is 0 Å². The average Bonchev–Trinajstić information content (AvgIpc) is 2.81. The maximum absolute atomic E-state index is 12.7. The first-order valence-electron chi connectivity index (χ1n) is 10.5. The van der Waals surface area contributed by atoms with Gasteiger partial charge in [0, 0.05) is 11.3 Å². The fourth-order valence-electron chi connectivity index (χ4n) is 3.82. The number of anilines is 1. The molecule has 178 valence electrons. The Labute approximate surface area is 198 Å². The molecule has 0 spiro atoms. The van der Waals surface area contributed by atoms with E-state index in [0.717, 1.165) is 24.8 Å². The van der Waals surface area contributed by atoms with Crippen molar-refractivity contribution in [3.63, 3.8) is 0 Å². The van der Waals surface area contributed by atoms with Crippen LogP contribution in [0.1, 0.15) is 35.6 Å². The molecule has 0 heterocycles. The molecule has 8 N–H and O–H groups in total. The highest BCUT2D eigenvalue weighted by Gasteiger charge is 2.27. The molecule has 33 heavy (non-hydrogen) atoms. The lowest BCUT2D eigenvalue weighted by Crippen LogP contribution is -2.50. The Morgan fingerprint density at radius 2 is 1.94 bits per heavy atom. The molecule has 0 bridgehead atoms. The van der Waals surface area contributed by atoms with E-state index in [-0.39, 0.29) is 36.7 Å². The number of benzene rings is 2. The average molecular weight is 476 g/mol. The third-order valence-corrected chi connectivity index (χ3v) is 5.48. The minimum atomic E-state index is -1.40. The van der Waals surface area contributed by atoms with E-state index in [1.807, 2.05) is 18.2 Å². The van der Waals surface area contributed by atoms with Crippen LogP contribution in [0.5, 0.6) is 0 Å². The lowest BCUT2D eigenvalue weighted by molar-refractivity contribution is -0.128. The fourth-order valence-corrected chi connectivity index (χ4v) is 3.82. The van der Waals surface area contributed by atoms with E-state index in [4.69, 9.17) is 11.1 Å². The number of nitrogen functional groups attached to an aromatic ring is 1. The highest BCUT2D eigenvalue weighted by atomic mass is 35.5. The number of halogens is 1. The van der Waals surface area contributed by atoms with Crippen LogP contribution in [0, 0.1) is 5.41 Å². The van der Waals surface area contributed by atoms with Crippen LogP contribution in [0.2, 0.25) is 0 Å². The summed E-state index contributed by atoms with van der Waals surface area (Å²) in [6.07, 6.45) is 1.39. The number of carbonyl (C=O) groups is 2. The zero-order valence-corrected chi connectivity index (χ0v) is 18.9. The number of nitrogens with one attached hydrogen (secondary N) is 4. The molecule has 0 saturated carbocycles. The minimum Gasteiger partial charge on any atom is -0.394 e. The van der Waals surface area contributed by atoms with Gasteiger partial charge in [-0.1, -0.05) is 36.4 Å². The number of aryl methyl sites for hydroxylation is 1. The highest BCUT2D eigenvalue weighted by molar-refractivity contribution is 5.96. The third-order valence-electron chi connectivity index (χ3n) is 5.48. The topological polar surface area (TPSA) is 161 Å². The molecule has 9 nitrogen and oxygen atoms in total. The Kier molecular flexibility index (Phi) is 9.65. The van der Waals surface area contributed by atoms with Gasteiger partial charge in [-0.2, -0.15) is 0 Å². The molecule has 3 atom stereocenters. The van der Waals surface area contributed by atoms with Gasteiger partial charge < -0.3 is 31.9 Å². The molecule has 0 aliphatic heterocycles. The summed E-state index contributed by atoms with van der Waals surface area (Å²) in [5.41, 5.74) is 8.69.